The molecule has 0 radical (unpaired) electrons. The molecule has 0 saturated carbocycles. The minimum absolute atomic E-state index is 0.180. The molecule has 1 aromatic carbocycles. The van der Waals surface area contributed by atoms with Crippen LogP contribution in [0.25, 0.3) is 11.4 Å². The standard InChI is InChI=1S/C14H10N4O3S4/c19-12-10(24-14(22)17-12)13-18-25(20,21)9-3-2-7(6-8(9)23-13)11-15-4-1-5-16-11/h1-6,10,13,18H,(H,17,19,22). The molecule has 0 aliphatic carbocycles. The first kappa shape index (κ1) is 16.9. The fraction of sp³-hybridized carbons (Fsp3) is 0.143. The Morgan fingerprint density at radius 1 is 1.16 bits per heavy atom. The average molecular weight is 411 g/mol. The van der Waals surface area contributed by atoms with Crippen molar-refractivity contribution in [1.82, 2.24) is 20.0 Å². The van der Waals surface area contributed by atoms with Crippen LogP contribution in [0.3, 0.4) is 0 Å². The molecular formula is C14H10N4O3S4. The lowest BCUT2D eigenvalue weighted by atomic mass is 10.2. The van der Waals surface area contributed by atoms with Gasteiger partial charge in [0.15, 0.2) is 5.82 Å². The van der Waals surface area contributed by atoms with Crippen LogP contribution < -0.4 is 10.0 Å². The number of aromatic nitrogens is 2. The third kappa shape index (κ3) is 3.17. The van der Waals surface area contributed by atoms with Gasteiger partial charge in [-0.15, -0.1) is 11.8 Å². The van der Waals surface area contributed by atoms with Gasteiger partial charge in [0.05, 0.1) is 10.3 Å². The molecule has 1 aromatic heterocycles. The number of thioether (sulfide) groups is 2. The van der Waals surface area contributed by atoms with Crippen molar-refractivity contribution >= 4 is 56.0 Å². The summed E-state index contributed by atoms with van der Waals surface area (Å²) in [5.41, 5.74) is 0.710. The van der Waals surface area contributed by atoms with E-state index in [1.807, 2.05) is 0 Å². The van der Waals surface area contributed by atoms with Crippen LogP contribution in [0.1, 0.15) is 0 Å². The van der Waals surface area contributed by atoms with Crippen LogP contribution in [0.15, 0.2) is 46.5 Å². The number of benzene rings is 1. The van der Waals surface area contributed by atoms with Crippen LogP contribution in [0.4, 0.5) is 0 Å². The van der Waals surface area contributed by atoms with E-state index < -0.39 is 20.6 Å². The van der Waals surface area contributed by atoms with Gasteiger partial charge in [-0.2, -0.15) is 4.72 Å². The third-order valence-electron chi connectivity index (χ3n) is 3.58. The predicted octanol–water partition coefficient (Wildman–Crippen LogP) is 1.37. The summed E-state index contributed by atoms with van der Waals surface area (Å²) in [4.78, 5) is 21.1. The van der Waals surface area contributed by atoms with Crippen LogP contribution in [-0.4, -0.2) is 39.2 Å². The lowest BCUT2D eigenvalue weighted by Gasteiger charge is -2.27. The summed E-state index contributed by atoms with van der Waals surface area (Å²) in [5.74, 6) is 0.216. The molecule has 0 spiro atoms. The smallest absolute Gasteiger partial charge is 0.242 e. The second-order valence-electron chi connectivity index (χ2n) is 5.21. The minimum atomic E-state index is -3.72. The Labute approximate surface area is 157 Å². The molecule has 3 heterocycles. The van der Waals surface area contributed by atoms with Crippen LogP contribution in [-0.2, 0) is 14.8 Å². The molecule has 2 atom stereocenters. The largest absolute Gasteiger partial charge is 0.311 e. The summed E-state index contributed by atoms with van der Waals surface area (Å²) < 4.78 is 28.0. The zero-order valence-corrected chi connectivity index (χ0v) is 15.6. The second kappa shape index (κ2) is 6.32. The third-order valence-corrected chi connectivity index (χ3v) is 8.21. The van der Waals surface area contributed by atoms with E-state index in [1.54, 1.807) is 30.6 Å². The van der Waals surface area contributed by atoms with Gasteiger partial charge in [0, 0.05) is 22.9 Å². The first-order chi connectivity index (χ1) is 11.9. The SMILES string of the molecule is O=C1NC(=S)SC1C1NS(=O)(=O)c2ccc(-c3ncccn3)cc2S1. The van der Waals surface area contributed by atoms with Crippen molar-refractivity contribution in [2.75, 3.05) is 0 Å². The molecule has 2 N–H and O–H groups in total. The Bertz CT molecular complexity index is 981. The number of sulfonamides is 1. The van der Waals surface area contributed by atoms with Gasteiger partial charge in [0.1, 0.15) is 9.57 Å². The number of amides is 1. The number of hydrogen-bond donors (Lipinski definition) is 2. The molecule has 2 unspecified atom stereocenters. The summed E-state index contributed by atoms with van der Waals surface area (Å²) in [5, 5.41) is 1.28. The lowest BCUT2D eigenvalue weighted by Crippen LogP contribution is -2.45. The Morgan fingerprint density at radius 3 is 2.60 bits per heavy atom. The number of hydrogen-bond acceptors (Lipinski definition) is 8. The quantitative estimate of drug-likeness (QED) is 0.716. The van der Waals surface area contributed by atoms with E-state index in [4.69, 9.17) is 12.2 Å². The van der Waals surface area contributed by atoms with Crippen molar-refractivity contribution in [1.29, 1.82) is 0 Å². The molecule has 0 bridgehead atoms. The van der Waals surface area contributed by atoms with Crippen molar-refractivity contribution in [2.24, 2.45) is 0 Å². The van der Waals surface area contributed by atoms with Gasteiger partial charge in [-0.3, -0.25) is 4.79 Å². The predicted molar refractivity (Wildman–Crippen MR) is 99.6 cm³/mol. The molecule has 1 saturated heterocycles. The second-order valence-corrected chi connectivity index (χ2v) is 9.89. The maximum Gasteiger partial charge on any atom is 0.242 e. The van der Waals surface area contributed by atoms with E-state index in [1.165, 1.54) is 17.8 Å². The van der Waals surface area contributed by atoms with Crippen molar-refractivity contribution in [3.63, 3.8) is 0 Å². The zero-order valence-electron chi connectivity index (χ0n) is 12.4. The summed E-state index contributed by atoms with van der Waals surface area (Å²) in [6.07, 6.45) is 3.24. The first-order valence-electron chi connectivity index (χ1n) is 7.06. The lowest BCUT2D eigenvalue weighted by molar-refractivity contribution is -0.118. The molecule has 128 valence electrons. The van der Waals surface area contributed by atoms with Gasteiger partial charge in [-0.05, 0) is 24.3 Å². The Kier molecular flexibility index (Phi) is 4.28. The highest BCUT2D eigenvalue weighted by Gasteiger charge is 2.42. The van der Waals surface area contributed by atoms with Gasteiger partial charge in [0.2, 0.25) is 15.9 Å². The first-order valence-corrected chi connectivity index (χ1v) is 10.7. The number of thiocarbonyl (C=S) groups is 1. The number of carbonyl (C=O) groups is 1. The maximum atomic E-state index is 12.5. The highest BCUT2D eigenvalue weighted by Crippen LogP contribution is 2.41. The summed E-state index contributed by atoms with van der Waals surface area (Å²) >= 11 is 7.43. The molecule has 2 aliphatic heterocycles. The Morgan fingerprint density at radius 2 is 1.92 bits per heavy atom. The van der Waals surface area contributed by atoms with Gasteiger partial charge in [0.25, 0.3) is 0 Å². The summed E-state index contributed by atoms with van der Waals surface area (Å²) in [6, 6.07) is 6.63. The highest BCUT2D eigenvalue weighted by atomic mass is 32.2. The van der Waals surface area contributed by atoms with Gasteiger partial charge in [-0.1, -0.05) is 24.0 Å². The molecule has 7 nitrogen and oxygen atoms in total. The van der Waals surface area contributed by atoms with E-state index >= 15 is 0 Å². The zero-order chi connectivity index (χ0) is 17.6. The summed E-state index contributed by atoms with van der Waals surface area (Å²) in [7, 11) is -3.72. The number of rotatable bonds is 2. The van der Waals surface area contributed by atoms with Crippen molar-refractivity contribution in [2.45, 2.75) is 20.4 Å². The number of nitrogens with zero attached hydrogens (tertiary/aromatic N) is 2. The minimum Gasteiger partial charge on any atom is -0.311 e. The topological polar surface area (TPSA) is 101 Å². The highest BCUT2D eigenvalue weighted by molar-refractivity contribution is 8.25. The van der Waals surface area contributed by atoms with E-state index in [2.05, 4.69) is 20.0 Å². The van der Waals surface area contributed by atoms with Crippen molar-refractivity contribution in [3.8, 4) is 11.4 Å². The molecular weight excluding hydrogens is 400 g/mol. The van der Waals surface area contributed by atoms with Crippen LogP contribution in [0.5, 0.6) is 0 Å². The number of fused-ring (bicyclic) bond motifs is 1. The molecule has 2 aliphatic rings. The average Bonchev–Trinajstić information content (AvgIpc) is 2.93. The number of carbonyl (C=O) groups excluding carboxylic acids is 1. The maximum absolute atomic E-state index is 12.5. The Balaban J connectivity index is 1.73. The Hall–Kier alpha value is -1.53. The molecule has 2 aromatic rings. The summed E-state index contributed by atoms with van der Waals surface area (Å²) in [6.45, 7) is 0. The fourth-order valence-electron chi connectivity index (χ4n) is 2.48. The van der Waals surface area contributed by atoms with Gasteiger partial charge >= 0.3 is 0 Å². The van der Waals surface area contributed by atoms with E-state index in [0.717, 1.165) is 11.8 Å². The fourth-order valence-corrected chi connectivity index (χ4v) is 7.14. The normalized spacial score (nSPS) is 24.6. The molecule has 1 fully saturated rings. The van der Waals surface area contributed by atoms with Crippen molar-refractivity contribution < 1.29 is 13.2 Å². The molecule has 11 heteroatoms. The van der Waals surface area contributed by atoms with Crippen LogP contribution >= 0.6 is 35.7 Å². The molecule has 25 heavy (non-hydrogen) atoms. The van der Waals surface area contributed by atoms with Gasteiger partial charge in [-0.25, -0.2) is 18.4 Å². The van der Waals surface area contributed by atoms with Crippen molar-refractivity contribution in [3.05, 3.63) is 36.7 Å². The van der Waals surface area contributed by atoms with E-state index in [0.29, 0.717) is 20.6 Å². The van der Waals surface area contributed by atoms with E-state index in [9.17, 15) is 13.2 Å². The van der Waals surface area contributed by atoms with Crippen LogP contribution in [0, 0.1) is 0 Å². The monoisotopic (exact) mass is 410 g/mol. The molecule has 1 amide bonds. The van der Waals surface area contributed by atoms with E-state index in [-0.39, 0.29) is 10.8 Å². The molecule has 4 rings (SSSR count). The number of nitrogens with one attached hydrogen (secondary N) is 2. The van der Waals surface area contributed by atoms with Crippen LogP contribution in [0.2, 0.25) is 0 Å². The van der Waals surface area contributed by atoms with Gasteiger partial charge < -0.3 is 5.32 Å².